The molecule has 0 saturated carbocycles. The Bertz CT molecular complexity index is 1080. The van der Waals surface area contributed by atoms with Gasteiger partial charge in [0.1, 0.15) is 6.61 Å². The lowest BCUT2D eigenvalue weighted by molar-refractivity contribution is -0.123. The van der Waals surface area contributed by atoms with Crippen LogP contribution in [0.5, 0.6) is 23.0 Å². The molecule has 0 spiro atoms. The first-order valence-electron chi connectivity index (χ1n) is 10.0. The number of aryl methyl sites for hydroxylation is 1. The zero-order valence-electron chi connectivity index (χ0n) is 18.3. The van der Waals surface area contributed by atoms with Crippen LogP contribution >= 0.6 is 0 Å². The van der Waals surface area contributed by atoms with E-state index in [4.69, 9.17) is 18.9 Å². The van der Waals surface area contributed by atoms with Crippen LogP contribution in [-0.4, -0.2) is 32.9 Å². The van der Waals surface area contributed by atoms with E-state index in [9.17, 15) is 4.79 Å². The molecule has 0 heterocycles. The largest absolute Gasteiger partial charge is 0.493 e. The summed E-state index contributed by atoms with van der Waals surface area (Å²) in [6.07, 6.45) is 1.52. The van der Waals surface area contributed by atoms with Crippen molar-refractivity contribution in [2.45, 2.75) is 13.5 Å². The molecule has 0 aliphatic rings. The molecule has 3 rings (SSSR count). The molecule has 1 amide bonds. The van der Waals surface area contributed by atoms with Crippen LogP contribution in [0.1, 0.15) is 16.7 Å². The van der Waals surface area contributed by atoms with Crippen molar-refractivity contribution in [2.75, 3.05) is 20.8 Å². The predicted octanol–water partition coefficient (Wildman–Crippen LogP) is 4.12. The van der Waals surface area contributed by atoms with Crippen molar-refractivity contribution in [1.29, 1.82) is 0 Å². The summed E-state index contributed by atoms with van der Waals surface area (Å²) in [6.45, 7) is 2.30. The average molecular weight is 434 g/mol. The van der Waals surface area contributed by atoms with Gasteiger partial charge in [-0.2, -0.15) is 5.10 Å². The molecular formula is C25H26N2O5. The van der Waals surface area contributed by atoms with Crippen LogP contribution in [-0.2, 0) is 11.4 Å². The Morgan fingerprint density at radius 2 is 1.56 bits per heavy atom. The van der Waals surface area contributed by atoms with Gasteiger partial charge in [0.2, 0.25) is 0 Å². The summed E-state index contributed by atoms with van der Waals surface area (Å²) in [5.41, 5.74) is 5.46. The number of para-hydroxylation sites is 2. The van der Waals surface area contributed by atoms with E-state index in [1.54, 1.807) is 38.5 Å². The van der Waals surface area contributed by atoms with Gasteiger partial charge in [0.05, 0.1) is 20.4 Å². The highest BCUT2D eigenvalue weighted by Gasteiger charge is 2.08. The van der Waals surface area contributed by atoms with E-state index in [1.165, 1.54) is 11.8 Å². The summed E-state index contributed by atoms with van der Waals surface area (Å²) in [5.74, 6) is 1.86. The Hall–Kier alpha value is -4.00. The molecule has 3 aromatic carbocycles. The third-order valence-corrected chi connectivity index (χ3v) is 4.66. The number of methoxy groups -OCH3 is 2. The minimum absolute atomic E-state index is 0.188. The Labute approximate surface area is 187 Å². The van der Waals surface area contributed by atoms with Crippen molar-refractivity contribution in [3.63, 3.8) is 0 Å². The fourth-order valence-electron chi connectivity index (χ4n) is 2.90. The van der Waals surface area contributed by atoms with Crippen LogP contribution in [0.25, 0.3) is 0 Å². The molecule has 7 nitrogen and oxygen atoms in total. The fraction of sp³-hybridized carbons (Fsp3) is 0.200. The lowest BCUT2D eigenvalue weighted by atomic mass is 10.1. The van der Waals surface area contributed by atoms with Crippen molar-refractivity contribution in [1.82, 2.24) is 5.43 Å². The van der Waals surface area contributed by atoms with Gasteiger partial charge in [-0.25, -0.2) is 5.43 Å². The molecule has 1 N–H and O–H groups in total. The van der Waals surface area contributed by atoms with Gasteiger partial charge in [0.25, 0.3) is 5.91 Å². The molecule has 0 fully saturated rings. The van der Waals surface area contributed by atoms with E-state index in [0.717, 1.165) is 11.1 Å². The Morgan fingerprint density at radius 3 is 2.31 bits per heavy atom. The minimum Gasteiger partial charge on any atom is -0.493 e. The van der Waals surface area contributed by atoms with Gasteiger partial charge in [-0.1, -0.05) is 36.4 Å². The van der Waals surface area contributed by atoms with Gasteiger partial charge in [-0.05, 0) is 53.9 Å². The van der Waals surface area contributed by atoms with Crippen molar-refractivity contribution in [3.05, 3.63) is 83.4 Å². The molecule has 0 aromatic heterocycles. The summed E-state index contributed by atoms with van der Waals surface area (Å²) in [7, 11) is 3.12. The summed E-state index contributed by atoms with van der Waals surface area (Å²) in [4.78, 5) is 12.0. The van der Waals surface area contributed by atoms with Crippen LogP contribution in [0.4, 0.5) is 0 Å². The third-order valence-electron chi connectivity index (χ3n) is 4.66. The number of nitrogens with one attached hydrogen (secondary N) is 1. The Kier molecular flexibility index (Phi) is 8.09. The standard InChI is InChI=1S/C25H26N2O5/c1-18-8-4-5-9-20(18)16-31-23-13-12-19(14-24(23)30-3)15-26-27-25(28)17-32-22-11-7-6-10-21(22)29-2/h4-15H,16-17H2,1-3H3,(H,27,28)/b26-15+. The Morgan fingerprint density at radius 1 is 0.875 bits per heavy atom. The molecule has 3 aromatic rings. The average Bonchev–Trinajstić information content (AvgIpc) is 2.82. The van der Waals surface area contributed by atoms with Crippen molar-refractivity contribution in [2.24, 2.45) is 5.10 Å². The number of amides is 1. The molecule has 0 aliphatic heterocycles. The number of hydrogen-bond donors (Lipinski definition) is 1. The molecule has 0 aliphatic carbocycles. The van der Waals surface area contributed by atoms with Crippen molar-refractivity contribution < 1.29 is 23.7 Å². The highest BCUT2D eigenvalue weighted by molar-refractivity contribution is 5.83. The monoisotopic (exact) mass is 434 g/mol. The first-order chi connectivity index (χ1) is 15.6. The number of ether oxygens (including phenoxy) is 4. The zero-order valence-corrected chi connectivity index (χ0v) is 18.3. The van der Waals surface area contributed by atoms with Crippen LogP contribution in [0, 0.1) is 6.92 Å². The van der Waals surface area contributed by atoms with E-state index in [2.05, 4.69) is 10.5 Å². The molecule has 7 heteroatoms. The Balaban J connectivity index is 1.54. The van der Waals surface area contributed by atoms with E-state index in [0.29, 0.717) is 29.6 Å². The summed E-state index contributed by atoms with van der Waals surface area (Å²) >= 11 is 0. The number of hydrazone groups is 1. The predicted molar refractivity (Wildman–Crippen MR) is 123 cm³/mol. The van der Waals surface area contributed by atoms with Crippen LogP contribution in [0.3, 0.4) is 0 Å². The summed E-state index contributed by atoms with van der Waals surface area (Å²) in [6, 6.07) is 20.6. The van der Waals surface area contributed by atoms with Gasteiger partial charge >= 0.3 is 0 Å². The SMILES string of the molecule is COc1ccccc1OCC(=O)N/N=C/c1ccc(OCc2ccccc2C)c(OC)c1. The number of benzene rings is 3. The smallest absolute Gasteiger partial charge is 0.277 e. The lowest BCUT2D eigenvalue weighted by Crippen LogP contribution is -2.24. The molecule has 0 bridgehead atoms. The van der Waals surface area contributed by atoms with Gasteiger partial charge in [-0.3, -0.25) is 4.79 Å². The number of nitrogens with zero attached hydrogens (tertiary/aromatic N) is 1. The topological polar surface area (TPSA) is 78.4 Å². The molecular weight excluding hydrogens is 408 g/mol. The lowest BCUT2D eigenvalue weighted by Gasteiger charge is -2.12. The molecule has 0 unspecified atom stereocenters. The van der Waals surface area contributed by atoms with E-state index < -0.39 is 5.91 Å². The van der Waals surface area contributed by atoms with Gasteiger partial charge in [0, 0.05) is 0 Å². The van der Waals surface area contributed by atoms with Gasteiger partial charge in [-0.15, -0.1) is 0 Å². The first kappa shape index (κ1) is 22.7. The molecule has 0 radical (unpaired) electrons. The van der Waals surface area contributed by atoms with E-state index in [1.807, 2.05) is 49.4 Å². The maximum Gasteiger partial charge on any atom is 0.277 e. The highest BCUT2D eigenvalue weighted by Crippen LogP contribution is 2.29. The number of carbonyl (C=O) groups is 1. The van der Waals surface area contributed by atoms with Crippen molar-refractivity contribution >= 4 is 12.1 Å². The second-order valence-electron chi connectivity index (χ2n) is 6.86. The quantitative estimate of drug-likeness (QED) is 0.384. The van der Waals surface area contributed by atoms with Crippen LogP contribution in [0.15, 0.2) is 71.8 Å². The van der Waals surface area contributed by atoms with Gasteiger partial charge < -0.3 is 18.9 Å². The van der Waals surface area contributed by atoms with E-state index in [-0.39, 0.29) is 6.61 Å². The fourth-order valence-corrected chi connectivity index (χ4v) is 2.90. The maximum atomic E-state index is 12.0. The molecule has 32 heavy (non-hydrogen) atoms. The second-order valence-corrected chi connectivity index (χ2v) is 6.86. The van der Waals surface area contributed by atoms with E-state index >= 15 is 0 Å². The highest BCUT2D eigenvalue weighted by atomic mass is 16.5. The summed E-state index contributed by atoms with van der Waals surface area (Å²) in [5, 5.41) is 3.97. The zero-order chi connectivity index (χ0) is 22.8. The van der Waals surface area contributed by atoms with Crippen LogP contribution in [0.2, 0.25) is 0 Å². The van der Waals surface area contributed by atoms with Gasteiger partial charge in [0.15, 0.2) is 29.6 Å². The van der Waals surface area contributed by atoms with Crippen molar-refractivity contribution in [3.8, 4) is 23.0 Å². The number of hydrogen-bond acceptors (Lipinski definition) is 6. The maximum absolute atomic E-state index is 12.0. The molecule has 0 saturated heterocycles. The normalized spacial score (nSPS) is 10.6. The number of carbonyl (C=O) groups excluding carboxylic acids is 1. The minimum atomic E-state index is -0.391. The second kappa shape index (κ2) is 11.4. The molecule has 166 valence electrons. The summed E-state index contributed by atoms with van der Waals surface area (Å²) < 4.78 is 22.0. The number of rotatable bonds is 10. The first-order valence-corrected chi connectivity index (χ1v) is 10.0. The third kappa shape index (κ3) is 6.25. The molecule has 0 atom stereocenters. The van der Waals surface area contributed by atoms with Crippen LogP contribution < -0.4 is 24.4 Å².